The number of ether oxygens (including phenoxy) is 1. The maximum absolute atomic E-state index is 12.7. The van der Waals surface area contributed by atoms with Crippen LogP contribution in [-0.4, -0.2) is 54.6 Å². The average Bonchev–Trinajstić information content (AvgIpc) is 2.97. The molecule has 2 aromatic carbocycles. The number of likely N-dealkylation sites (tertiary alicyclic amines) is 1. The van der Waals surface area contributed by atoms with E-state index in [2.05, 4.69) is 58.2 Å². The molecule has 7 nitrogen and oxygen atoms in total. The van der Waals surface area contributed by atoms with E-state index in [1.54, 1.807) is 19.2 Å². The normalized spacial score (nSPS) is 14.8. The minimum atomic E-state index is -0.115. The summed E-state index contributed by atoms with van der Waals surface area (Å²) >= 11 is 0. The zero-order valence-electron chi connectivity index (χ0n) is 23.5. The standard InChI is InChI=1S/C32H39N5O2/c1-23-11-15-34-21-27(23)22-37(28-7-9-30(39-4)10-8-28)29-13-17-36(18-14-29)25(3)12-16-35-32(38)31-19-26(20-33)6-5-24(31)2/h5-11,15,19,21,25,29H,12-14,16-18,22H2,1-4H3,(H,35,38)/t25-/m1/s1. The number of aryl methyl sites for hydroxylation is 2. The van der Waals surface area contributed by atoms with Crippen molar-refractivity contribution in [3.8, 4) is 11.8 Å². The van der Waals surface area contributed by atoms with Gasteiger partial charge in [0.2, 0.25) is 0 Å². The second-order valence-electron chi connectivity index (χ2n) is 10.4. The molecule has 1 fully saturated rings. The van der Waals surface area contributed by atoms with Gasteiger partial charge in [-0.05, 0) is 99.2 Å². The topological polar surface area (TPSA) is 81.5 Å². The molecule has 1 N–H and O–H groups in total. The molecule has 3 aromatic rings. The van der Waals surface area contributed by atoms with Crippen LogP contribution in [-0.2, 0) is 6.54 Å². The van der Waals surface area contributed by atoms with Crippen LogP contribution < -0.4 is 15.0 Å². The lowest BCUT2D eigenvalue weighted by Gasteiger charge is -2.42. The number of nitrogens with zero attached hydrogens (tertiary/aromatic N) is 4. The van der Waals surface area contributed by atoms with Crippen molar-refractivity contribution in [1.82, 2.24) is 15.2 Å². The first kappa shape index (κ1) is 28.1. The molecule has 1 amide bonds. The predicted molar refractivity (Wildman–Crippen MR) is 155 cm³/mol. The van der Waals surface area contributed by atoms with Gasteiger partial charge in [-0.25, -0.2) is 0 Å². The van der Waals surface area contributed by atoms with E-state index in [4.69, 9.17) is 10.00 Å². The molecule has 204 valence electrons. The Kier molecular flexibility index (Phi) is 9.56. The Labute approximate surface area is 232 Å². The average molecular weight is 526 g/mol. The van der Waals surface area contributed by atoms with Crippen LogP contribution in [0.5, 0.6) is 5.75 Å². The van der Waals surface area contributed by atoms with Crippen LogP contribution in [0.25, 0.3) is 0 Å². The largest absolute Gasteiger partial charge is 0.497 e. The van der Waals surface area contributed by atoms with Crippen molar-refractivity contribution in [2.24, 2.45) is 0 Å². The molecule has 1 aromatic heterocycles. The maximum atomic E-state index is 12.7. The van der Waals surface area contributed by atoms with E-state index in [0.717, 1.165) is 50.2 Å². The second kappa shape index (κ2) is 13.3. The number of carbonyl (C=O) groups is 1. The molecule has 2 heterocycles. The lowest BCUT2D eigenvalue weighted by atomic mass is 9.99. The summed E-state index contributed by atoms with van der Waals surface area (Å²) in [5.41, 5.74) is 5.66. The highest BCUT2D eigenvalue weighted by Crippen LogP contribution is 2.29. The highest BCUT2D eigenvalue weighted by atomic mass is 16.5. The smallest absolute Gasteiger partial charge is 0.251 e. The summed E-state index contributed by atoms with van der Waals surface area (Å²) in [5, 5.41) is 12.2. The van der Waals surface area contributed by atoms with Crippen LogP contribution in [0.3, 0.4) is 0 Å². The summed E-state index contributed by atoms with van der Waals surface area (Å²) in [6, 6.07) is 18.6. The summed E-state index contributed by atoms with van der Waals surface area (Å²) in [5.74, 6) is 0.747. The number of pyridine rings is 1. The molecular weight excluding hydrogens is 486 g/mol. The first-order valence-electron chi connectivity index (χ1n) is 13.7. The van der Waals surface area contributed by atoms with Gasteiger partial charge in [-0.3, -0.25) is 9.78 Å². The number of methoxy groups -OCH3 is 1. The summed E-state index contributed by atoms with van der Waals surface area (Å²) < 4.78 is 5.39. The number of amides is 1. The van der Waals surface area contributed by atoms with Crippen molar-refractivity contribution in [3.05, 3.63) is 88.7 Å². The number of nitriles is 1. The Hall–Kier alpha value is -3.89. The van der Waals surface area contributed by atoms with Crippen LogP contribution in [0.2, 0.25) is 0 Å². The molecule has 7 heteroatoms. The second-order valence-corrected chi connectivity index (χ2v) is 10.4. The van der Waals surface area contributed by atoms with E-state index in [9.17, 15) is 4.79 Å². The third-order valence-corrected chi connectivity index (χ3v) is 7.91. The monoisotopic (exact) mass is 525 g/mol. The Morgan fingerprint density at radius 3 is 2.56 bits per heavy atom. The maximum Gasteiger partial charge on any atom is 0.251 e. The Morgan fingerprint density at radius 2 is 1.90 bits per heavy atom. The van der Waals surface area contributed by atoms with Crippen molar-refractivity contribution in [1.29, 1.82) is 5.26 Å². The first-order chi connectivity index (χ1) is 18.9. The highest BCUT2D eigenvalue weighted by molar-refractivity contribution is 5.95. The number of aromatic nitrogens is 1. The molecule has 39 heavy (non-hydrogen) atoms. The number of benzene rings is 2. The Balaban J connectivity index is 1.34. The Morgan fingerprint density at radius 1 is 1.15 bits per heavy atom. The van der Waals surface area contributed by atoms with Crippen LogP contribution in [0, 0.1) is 25.2 Å². The molecule has 0 radical (unpaired) electrons. The van der Waals surface area contributed by atoms with Gasteiger partial charge < -0.3 is 19.9 Å². The number of carbonyl (C=O) groups excluding carboxylic acids is 1. The fraction of sp³-hybridized carbons (Fsp3) is 0.406. The minimum Gasteiger partial charge on any atom is -0.497 e. The van der Waals surface area contributed by atoms with E-state index in [-0.39, 0.29) is 5.91 Å². The third kappa shape index (κ3) is 7.15. The molecule has 0 bridgehead atoms. The van der Waals surface area contributed by atoms with Crippen molar-refractivity contribution in [2.45, 2.75) is 58.7 Å². The number of rotatable bonds is 10. The molecule has 1 atom stereocenters. The molecule has 0 saturated carbocycles. The number of hydrogen-bond donors (Lipinski definition) is 1. The number of piperidine rings is 1. The van der Waals surface area contributed by atoms with E-state index >= 15 is 0 Å². The molecule has 0 aliphatic carbocycles. The summed E-state index contributed by atoms with van der Waals surface area (Å²) in [7, 11) is 1.70. The van der Waals surface area contributed by atoms with Gasteiger partial charge in [0.25, 0.3) is 5.91 Å². The van der Waals surface area contributed by atoms with Crippen molar-refractivity contribution in [2.75, 3.05) is 31.6 Å². The zero-order valence-corrected chi connectivity index (χ0v) is 23.5. The summed E-state index contributed by atoms with van der Waals surface area (Å²) in [4.78, 5) is 22.1. The van der Waals surface area contributed by atoms with E-state index < -0.39 is 0 Å². The van der Waals surface area contributed by atoms with Gasteiger partial charge in [0.1, 0.15) is 5.75 Å². The SMILES string of the molecule is COc1ccc(N(Cc2cnccc2C)C2CCN([C@H](C)CCNC(=O)c3cc(C#N)ccc3C)CC2)cc1. The van der Waals surface area contributed by atoms with Gasteiger partial charge in [0.15, 0.2) is 0 Å². The molecule has 0 spiro atoms. The molecule has 1 aliphatic rings. The van der Waals surface area contributed by atoms with Gasteiger partial charge in [-0.1, -0.05) is 6.07 Å². The van der Waals surface area contributed by atoms with E-state index in [1.165, 1.54) is 16.8 Å². The van der Waals surface area contributed by atoms with Crippen molar-refractivity contribution >= 4 is 11.6 Å². The van der Waals surface area contributed by atoms with Crippen LogP contribution >= 0.6 is 0 Å². The van der Waals surface area contributed by atoms with Crippen LogP contribution in [0.4, 0.5) is 5.69 Å². The summed E-state index contributed by atoms with van der Waals surface area (Å²) in [6.45, 7) is 9.75. The van der Waals surface area contributed by atoms with Gasteiger partial charge in [0, 0.05) is 61.9 Å². The van der Waals surface area contributed by atoms with Crippen LogP contribution in [0.15, 0.2) is 60.9 Å². The molecule has 1 aliphatic heterocycles. The third-order valence-electron chi connectivity index (χ3n) is 7.91. The Bertz CT molecular complexity index is 1290. The molecule has 4 rings (SSSR count). The molecular formula is C32H39N5O2. The van der Waals surface area contributed by atoms with Gasteiger partial charge in [-0.2, -0.15) is 5.26 Å². The van der Waals surface area contributed by atoms with Gasteiger partial charge >= 0.3 is 0 Å². The number of anilines is 1. The van der Waals surface area contributed by atoms with Gasteiger partial charge in [0.05, 0.1) is 18.7 Å². The quantitative estimate of drug-likeness (QED) is 0.389. The lowest BCUT2D eigenvalue weighted by Crippen LogP contribution is -2.48. The highest BCUT2D eigenvalue weighted by Gasteiger charge is 2.27. The van der Waals surface area contributed by atoms with E-state index in [0.29, 0.717) is 29.8 Å². The number of hydrogen-bond acceptors (Lipinski definition) is 6. The predicted octanol–water partition coefficient (Wildman–Crippen LogP) is 5.26. The fourth-order valence-corrected chi connectivity index (χ4v) is 5.30. The van der Waals surface area contributed by atoms with Crippen molar-refractivity contribution < 1.29 is 9.53 Å². The first-order valence-corrected chi connectivity index (χ1v) is 13.7. The zero-order chi connectivity index (χ0) is 27.8. The minimum absolute atomic E-state index is 0.115. The molecule has 0 unspecified atom stereocenters. The lowest BCUT2D eigenvalue weighted by molar-refractivity contribution is 0.0944. The van der Waals surface area contributed by atoms with Crippen molar-refractivity contribution in [3.63, 3.8) is 0 Å². The fourth-order valence-electron chi connectivity index (χ4n) is 5.30. The van der Waals surface area contributed by atoms with Gasteiger partial charge in [-0.15, -0.1) is 0 Å². The molecule has 1 saturated heterocycles. The van der Waals surface area contributed by atoms with E-state index in [1.807, 2.05) is 37.5 Å². The summed E-state index contributed by atoms with van der Waals surface area (Å²) in [6.07, 6.45) is 6.85. The van der Waals surface area contributed by atoms with Crippen LogP contribution in [0.1, 0.15) is 58.8 Å². The number of nitrogens with one attached hydrogen (secondary N) is 1.